The fraction of sp³-hybridized carbons (Fsp3) is 0.273. The van der Waals surface area contributed by atoms with Crippen molar-refractivity contribution in [3.8, 4) is 0 Å². The van der Waals surface area contributed by atoms with E-state index in [4.69, 9.17) is 58.6 Å². The summed E-state index contributed by atoms with van der Waals surface area (Å²) in [5.74, 6) is -0.752. The van der Waals surface area contributed by atoms with Crippen LogP contribution in [0.2, 0.25) is 0 Å². The van der Waals surface area contributed by atoms with E-state index in [1.807, 2.05) is 12.1 Å². The van der Waals surface area contributed by atoms with E-state index in [0.29, 0.717) is 0 Å². The maximum atomic E-state index is 11.3. The van der Waals surface area contributed by atoms with Crippen LogP contribution in [0.15, 0.2) is 28.7 Å². The predicted molar refractivity (Wildman–Crippen MR) is 96.4 cm³/mol. The topological polar surface area (TPSA) is 53.2 Å². The Morgan fingerprint density at radius 3 is 2.29 bits per heavy atom. The Kier molecular flexibility index (Phi) is 7.81. The van der Waals surface area contributed by atoms with Crippen LogP contribution in [-0.4, -0.2) is 26.9 Å². The molecule has 0 bridgehead atoms. The second-order valence-corrected chi connectivity index (χ2v) is 7.74. The van der Waals surface area contributed by atoms with E-state index in [0.717, 1.165) is 10.2 Å². The number of rotatable bonds is 4. The number of amides is 1. The Balaban J connectivity index is 2.67. The standard InChI is InChI=1S/C11H10BrCl4N3OS/c12-6-1-3-7(4-2-6)17-10(21)19-9(11(14,15)16)18-8(20)5-13/h1-4,9H,5H2,(H,18,20)(H2,17,19,21)/t9-/m1/s1. The Morgan fingerprint density at radius 1 is 1.24 bits per heavy atom. The van der Waals surface area contributed by atoms with Crippen LogP contribution in [0.4, 0.5) is 5.69 Å². The summed E-state index contributed by atoms with van der Waals surface area (Å²) in [6.45, 7) is 0. The van der Waals surface area contributed by atoms with Crippen molar-refractivity contribution >= 4 is 91.3 Å². The highest BCUT2D eigenvalue weighted by Gasteiger charge is 2.34. The summed E-state index contributed by atoms with van der Waals surface area (Å²) in [5, 5.41) is 8.21. The van der Waals surface area contributed by atoms with Gasteiger partial charge < -0.3 is 16.0 Å². The van der Waals surface area contributed by atoms with Crippen molar-refractivity contribution in [2.75, 3.05) is 11.2 Å². The van der Waals surface area contributed by atoms with Gasteiger partial charge in [0.25, 0.3) is 0 Å². The highest BCUT2D eigenvalue weighted by Crippen LogP contribution is 2.29. The number of thiocarbonyl (C=S) groups is 1. The zero-order chi connectivity index (χ0) is 16.0. The minimum absolute atomic E-state index is 0.184. The van der Waals surface area contributed by atoms with Crippen LogP contribution in [-0.2, 0) is 4.79 Å². The van der Waals surface area contributed by atoms with Crippen molar-refractivity contribution in [3.63, 3.8) is 0 Å². The van der Waals surface area contributed by atoms with Gasteiger partial charge in [-0.15, -0.1) is 11.6 Å². The second-order valence-electron chi connectivity index (χ2n) is 3.78. The largest absolute Gasteiger partial charge is 0.339 e. The summed E-state index contributed by atoms with van der Waals surface area (Å²) in [6, 6.07) is 7.29. The van der Waals surface area contributed by atoms with Crippen molar-refractivity contribution in [3.05, 3.63) is 28.7 Å². The zero-order valence-electron chi connectivity index (χ0n) is 10.3. The number of nitrogens with one attached hydrogen (secondary N) is 3. The maximum Gasteiger partial charge on any atom is 0.236 e. The monoisotopic (exact) mass is 451 g/mol. The average Bonchev–Trinajstić information content (AvgIpc) is 2.39. The molecule has 0 aromatic heterocycles. The molecule has 0 heterocycles. The summed E-state index contributed by atoms with van der Waals surface area (Å²) in [4.78, 5) is 11.3. The first-order valence-electron chi connectivity index (χ1n) is 5.47. The molecule has 4 nitrogen and oxygen atoms in total. The lowest BCUT2D eigenvalue weighted by Crippen LogP contribution is -2.56. The molecule has 0 saturated heterocycles. The number of halogens is 5. The molecular formula is C11H10BrCl4N3OS. The molecule has 0 radical (unpaired) electrons. The van der Waals surface area contributed by atoms with Gasteiger partial charge in [-0.1, -0.05) is 50.7 Å². The van der Waals surface area contributed by atoms with E-state index in [2.05, 4.69) is 31.9 Å². The van der Waals surface area contributed by atoms with Crippen molar-refractivity contribution in [2.45, 2.75) is 9.96 Å². The van der Waals surface area contributed by atoms with Gasteiger partial charge in [-0.05, 0) is 36.5 Å². The third-order valence-corrected chi connectivity index (χ3v) is 3.78. The van der Waals surface area contributed by atoms with Gasteiger partial charge in [0.15, 0.2) is 5.11 Å². The quantitative estimate of drug-likeness (QED) is 0.369. The molecule has 0 unspecified atom stereocenters. The summed E-state index contributed by atoms with van der Waals surface area (Å²) in [5.41, 5.74) is 0.738. The number of alkyl halides is 4. The third kappa shape index (κ3) is 7.21. The number of hydrogen-bond donors (Lipinski definition) is 3. The maximum absolute atomic E-state index is 11.3. The second kappa shape index (κ2) is 8.60. The van der Waals surface area contributed by atoms with E-state index < -0.39 is 15.9 Å². The molecule has 0 spiro atoms. The average molecular weight is 454 g/mol. The Labute approximate surface area is 156 Å². The molecule has 1 aromatic rings. The van der Waals surface area contributed by atoms with Crippen molar-refractivity contribution in [1.29, 1.82) is 0 Å². The first-order valence-corrected chi connectivity index (χ1v) is 8.34. The summed E-state index contributed by atoms with van der Waals surface area (Å²) in [6.07, 6.45) is -1.02. The molecule has 1 atom stereocenters. The summed E-state index contributed by atoms with van der Waals surface area (Å²) < 4.78 is -0.867. The lowest BCUT2D eigenvalue weighted by atomic mass is 10.3. The zero-order valence-corrected chi connectivity index (χ0v) is 15.7. The molecule has 3 N–H and O–H groups in total. The van der Waals surface area contributed by atoms with Gasteiger partial charge in [-0.25, -0.2) is 0 Å². The number of carbonyl (C=O) groups is 1. The lowest BCUT2D eigenvalue weighted by Gasteiger charge is -2.27. The smallest absolute Gasteiger partial charge is 0.236 e. The van der Waals surface area contributed by atoms with Gasteiger partial charge in [0, 0.05) is 10.2 Å². The highest BCUT2D eigenvalue weighted by molar-refractivity contribution is 9.10. The molecule has 0 fully saturated rings. The molecule has 1 amide bonds. The van der Waals surface area contributed by atoms with Gasteiger partial charge in [-0.2, -0.15) is 0 Å². The SMILES string of the molecule is O=C(CCl)N[C@H](NC(=S)Nc1ccc(Br)cc1)C(Cl)(Cl)Cl. The first kappa shape index (κ1) is 19.1. The molecule has 10 heteroatoms. The van der Waals surface area contributed by atoms with Crippen LogP contribution in [0, 0.1) is 0 Å². The van der Waals surface area contributed by atoms with Crippen LogP contribution in [0.5, 0.6) is 0 Å². The van der Waals surface area contributed by atoms with E-state index in [9.17, 15) is 4.79 Å². The lowest BCUT2D eigenvalue weighted by molar-refractivity contribution is -0.119. The number of benzene rings is 1. The number of hydrogen-bond acceptors (Lipinski definition) is 2. The van der Waals surface area contributed by atoms with Crippen LogP contribution in [0.25, 0.3) is 0 Å². The van der Waals surface area contributed by atoms with Crippen molar-refractivity contribution in [1.82, 2.24) is 10.6 Å². The van der Waals surface area contributed by atoms with Crippen LogP contribution >= 0.6 is 74.6 Å². The van der Waals surface area contributed by atoms with Crippen LogP contribution < -0.4 is 16.0 Å². The molecule has 0 aliphatic carbocycles. The van der Waals surface area contributed by atoms with Gasteiger partial charge >= 0.3 is 0 Å². The fourth-order valence-electron chi connectivity index (χ4n) is 1.23. The highest BCUT2D eigenvalue weighted by atomic mass is 79.9. The van der Waals surface area contributed by atoms with Gasteiger partial charge in [0.05, 0.1) is 0 Å². The molecule has 1 aromatic carbocycles. The predicted octanol–water partition coefficient (Wildman–Crippen LogP) is 3.79. The minimum Gasteiger partial charge on any atom is -0.339 e. The summed E-state index contributed by atoms with van der Waals surface area (Å²) >= 11 is 31.2. The molecule has 1 rings (SSSR count). The number of carbonyl (C=O) groups excluding carboxylic acids is 1. The third-order valence-electron chi connectivity index (χ3n) is 2.13. The van der Waals surface area contributed by atoms with E-state index in [1.165, 1.54) is 0 Å². The van der Waals surface area contributed by atoms with Crippen LogP contribution in [0.1, 0.15) is 0 Å². The van der Waals surface area contributed by atoms with Crippen molar-refractivity contribution in [2.24, 2.45) is 0 Å². The molecule has 21 heavy (non-hydrogen) atoms. The van der Waals surface area contributed by atoms with Crippen molar-refractivity contribution < 1.29 is 4.79 Å². The van der Waals surface area contributed by atoms with E-state index >= 15 is 0 Å². The molecule has 0 aliphatic heterocycles. The van der Waals surface area contributed by atoms with Gasteiger partial charge in [0.1, 0.15) is 12.0 Å². The summed E-state index contributed by atoms with van der Waals surface area (Å²) in [7, 11) is 0. The van der Waals surface area contributed by atoms with E-state index in [-0.39, 0.29) is 11.0 Å². The van der Waals surface area contributed by atoms with E-state index in [1.54, 1.807) is 12.1 Å². The molecule has 0 saturated carbocycles. The van der Waals surface area contributed by atoms with Gasteiger partial charge in [0.2, 0.25) is 9.70 Å². The van der Waals surface area contributed by atoms with Crippen LogP contribution in [0.3, 0.4) is 0 Å². The molecule has 116 valence electrons. The number of anilines is 1. The fourth-order valence-corrected chi connectivity index (χ4v) is 2.14. The first-order chi connectivity index (χ1) is 9.72. The minimum atomic E-state index is -1.80. The molecule has 0 aliphatic rings. The normalized spacial score (nSPS) is 12.4. The Hall–Kier alpha value is 0.0200. The van der Waals surface area contributed by atoms with Gasteiger partial charge in [-0.3, -0.25) is 4.79 Å². The Bertz CT molecular complexity index is 509. The Morgan fingerprint density at radius 2 is 1.81 bits per heavy atom. The molecular weight excluding hydrogens is 444 g/mol.